The summed E-state index contributed by atoms with van der Waals surface area (Å²) in [6.07, 6.45) is 3.34. The van der Waals surface area contributed by atoms with E-state index >= 15 is 0 Å². The van der Waals surface area contributed by atoms with Crippen molar-refractivity contribution in [1.82, 2.24) is 4.90 Å². The number of nitrogens with two attached hydrogens (primary N) is 2. The number of urea groups is 1. The van der Waals surface area contributed by atoms with E-state index in [-0.39, 0.29) is 17.5 Å². The second-order valence-electron chi connectivity index (χ2n) is 7.24. The second kappa shape index (κ2) is 6.85. The molecule has 9 heteroatoms. The van der Waals surface area contributed by atoms with Crippen molar-refractivity contribution in [3.8, 4) is 11.1 Å². The largest absolute Gasteiger partial charge is 0.368 e. The summed E-state index contributed by atoms with van der Waals surface area (Å²) in [5.74, 6) is -0.535. The second-order valence-corrected chi connectivity index (χ2v) is 8.77. The number of carbonyl (C=O) groups is 2. The van der Waals surface area contributed by atoms with Crippen molar-refractivity contribution in [2.24, 2.45) is 10.9 Å². The molecule has 151 valence electrons. The standard InChI is InChI=1S/C20H21N4O4S/c21-18(25)20-11-3-4-12-24(20)19(26)23(13-20)15-9-7-14(8-10-15)16-5-1-2-6-17(16)29(22,27)28/h1-2,5-11H,3-4,12-13H2,(H2,21,25)(H2,22,27,28)/t20-/m1/s1. The topological polar surface area (TPSA) is 127 Å². The van der Waals surface area contributed by atoms with Gasteiger partial charge in [-0.2, -0.15) is 0 Å². The number of primary amides is 1. The van der Waals surface area contributed by atoms with Crippen molar-refractivity contribution in [2.45, 2.75) is 23.3 Å². The van der Waals surface area contributed by atoms with Crippen LogP contribution < -0.4 is 15.8 Å². The van der Waals surface area contributed by atoms with Crippen molar-refractivity contribution in [3.05, 3.63) is 55.0 Å². The molecule has 3 amide bonds. The third-order valence-electron chi connectivity index (χ3n) is 5.52. The van der Waals surface area contributed by atoms with Crippen LogP contribution >= 0.6 is 0 Å². The molecular weight excluding hydrogens is 392 g/mol. The maximum Gasteiger partial charge on any atom is 0.325 e. The maximum absolute atomic E-state index is 12.9. The molecule has 2 heterocycles. The Morgan fingerprint density at radius 3 is 2.38 bits per heavy atom. The first-order valence-electron chi connectivity index (χ1n) is 9.20. The molecule has 0 bridgehead atoms. The molecule has 0 aromatic heterocycles. The van der Waals surface area contributed by atoms with Gasteiger partial charge in [0.05, 0.1) is 11.4 Å². The molecule has 2 aromatic carbocycles. The zero-order chi connectivity index (χ0) is 20.8. The van der Waals surface area contributed by atoms with Crippen molar-refractivity contribution < 1.29 is 18.0 Å². The molecule has 2 saturated heterocycles. The van der Waals surface area contributed by atoms with Crippen molar-refractivity contribution >= 4 is 27.6 Å². The van der Waals surface area contributed by atoms with Crippen LogP contribution in [0.1, 0.15) is 12.8 Å². The van der Waals surface area contributed by atoms with E-state index in [2.05, 4.69) is 0 Å². The normalized spacial score (nSPS) is 21.9. The third kappa shape index (κ3) is 3.16. The summed E-state index contributed by atoms with van der Waals surface area (Å²) in [6, 6.07) is 13.1. The van der Waals surface area contributed by atoms with E-state index in [1.54, 1.807) is 42.5 Å². The number of amides is 3. The Morgan fingerprint density at radius 2 is 1.76 bits per heavy atom. The number of sulfonamides is 1. The van der Waals surface area contributed by atoms with Gasteiger partial charge in [-0.05, 0) is 43.0 Å². The Labute approximate surface area is 169 Å². The predicted molar refractivity (Wildman–Crippen MR) is 108 cm³/mol. The summed E-state index contributed by atoms with van der Waals surface area (Å²) in [5, 5.41) is 5.32. The quantitative estimate of drug-likeness (QED) is 0.787. The summed E-state index contributed by atoms with van der Waals surface area (Å²) in [4.78, 5) is 28.2. The monoisotopic (exact) mass is 413 g/mol. The molecule has 4 rings (SSSR count). The Bertz CT molecular complexity index is 1080. The van der Waals surface area contributed by atoms with E-state index in [1.165, 1.54) is 15.9 Å². The van der Waals surface area contributed by atoms with Gasteiger partial charge in [-0.15, -0.1) is 0 Å². The van der Waals surface area contributed by atoms with E-state index in [0.29, 0.717) is 23.4 Å². The van der Waals surface area contributed by atoms with E-state index in [0.717, 1.165) is 12.8 Å². The van der Waals surface area contributed by atoms with E-state index in [1.807, 2.05) is 6.42 Å². The number of rotatable bonds is 4. The number of nitrogens with zero attached hydrogens (tertiary/aromatic N) is 2. The SMILES string of the molecule is NC(=O)[C@]12[CH]CCCN1C(=O)N(c1ccc(-c3ccccc3S(N)(=O)=O)cc1)C2. The highest BCUT2D eigenvalue weighted by atomic mass is 32.2. The van der Waals surface area contributed by atoms with Crippen molar-refractivity contribution in [2.75, 3.05) is 18.0 Å². The van der Waals surface area contributed by atoms with Gasteiger partial charge in [0.2, 0.25) is 15.9 Å². The highest BCUT2D eigenvalue weighted by Crippen LogP contribution is 2.37. The van der Waals surface area contributed by atoms with Gasteiger partial charge in [0, 0.05) is 17.8 Å². The Hall–Kier alpha value is -2.91. The third-order valence-corrected chi connectivity index (χ3v) is 6.49. The van der Waals surface area contributed by atoms with Crippen molar-refractivity contribution in [1.29, 1.82) is 0 Å². The fourth-order valence-corrected chi connectivity index (χ4v) is 4.82. The molecule has 4 N–H and O–H groups in total. The highest BCUT2D eigenvalue weighted by Gasteiger charge is 2.55. The lowest BCUT2D eigenvalue weighted by Crippen LogP contribution is -2.59. The number of anilines is 1. The number of carbonyl (C=O) groups excluding carboxylic acids is 2. The summed E-state index contributed by atoms with van der Waals surface area (Å²) in [5.41, 5.74) is 6.29. The Kier molecular flexibility index (Phi) is 4.59. The summed E-state index contributed by atoms with van der Waals surface area (Å²) in [6.45, 7) is 0.642. The van der Waals surface area contributed by atoms with Crippen LogP contribution in [0.3, 0.4) is 0 Å². The summed E-state index contributed by atoms with van der Waals surface area (Å²) < 4.78 is 23.7. The van der Waals surface area contributed by atoms with E-state index in [9.17, 15) is 18.0 Å². The lowest BCUT2D eigenvalue weighted by molar-refractivity contribution is -0.126. The first-order valence-corrected chi connectivity index (χ1v) is 10.7. The molecule has 1 atom stereocenters. The van der Waals surface area contributed by atoms with Gasteiger partial charge in [-0.1, -0.05) is 30.3 Å². The van der Waals surface area contributed by atoms with Gasteiger partial charge in [0.25, 0.3) is 0 Å². The number of hydrogen-bond acceptors (Lipinski definition) is 4. The number of benzene rings is 2. The molecule has 2 aliphatic rings. The van der Waals surface area contributed by atoms with Crippen LogP contribution in [-0.4, -0.2) is 43.9 Å². The molecule has 0 saturated carbocycles. The van der Waals surface area contributed by atoms with Gasteiger partial charge >= 0.3 is 6.03 Å². The van der Waals surface area contributed by atoms with E-state index in [4.69, 9.17) is 10.9 Å². The van der Waals surface area contributed by atoms with Crippen LogP contribution in [0.2, 0.25) is 0 Å². The minimum absolute atomic E-state index is 0.0319. The lowest BCUT2D eigenvalue weighted by atomic mass is 9.87. The average Bonchev–Trinajstić information content (AvgIpc) is 3.02. The number of primary sulfonamides is 1. The zero-order valence-electron chi connectivity index (χ0n) is 15.6. The Morgan fingerprint density at radius 1 is 1.07 bits per heavy atom. The fourth-order valence-electron chi connectivity index (χ4n) is 4.06. The maximum atomic E-state index is 12.9. The molecule has 2 aromatic rings. The summed E-state index contributed by atoms with van der Waals surface area (Å²) >= 11 is 0. The smallest absolute Gasteiger partial charge is 0.325 e. The molecule has 0 spiro atoms. The van der Waals surface area contributed by atoms with Gasteiger partial charge in [-0.3, -0.25) is 9.69 Å². The van der Waals surface area contributed by atoms with Crippen LogP contribution in [0.15, 0.2) is 53.4 Å². The minimum atomic E-state index is -3.87. The number of hydrogen-bond donors (Lipinski definition) is 2. The molecule has 0 unspecified atom stereocenters. The van der Waals surface area contributed by atoms with Crippen LogP contribution in [0, 0.1) is 6.42 Å². The zero-order valence-corrected chi connectivity index (χ0v) is 16.4. The lowest BCUT2D eigenvalue weighted by Gasteiger charge is -2.37. The fraction of sp³-hybridized carbons (Fsp3) is 0.250. The van der Waals surface area contributed by atoms with Crippen LogP contribution in [0.5, 0.6) is 0 Å². The van der Waals surface area contributed by atoms with Crippen LogP contribution in [0.4, 0.5) is 10.5 Å². The van der Waals surface area contributed by atoms with Crippen LogP contribution in [-0.2, 0) is 14.8 Å². The number of fused-ring (bicyclic) bond motifs is 1. The molecule has 2 fully saturated rings. The summed E-state index contributed by atoms with van der Waals surface area (Å²) in [7, 11) is -3.87. The van der Waals surface area contributed by atoms with Gasteiger partial charge < -0.3 is 10.6 Å². The average molecular weight is 413 g/mol. The van der Waals surface area contributed by atoms with Crippen molar-refractivity contribution in [3.63, 3.8) is 0 Å². The van der Waals surface area contributed by atoms with E-state index < -0.39 is 21.5 Å². The van der Waals surface area contributed by atoms with Gasteiger partial charge in [0.1, 0.15) is 5.54 Å². The van der Waals surface area contributed by atoms with Gasteiger partial charge in [0.15, 0.2) is 0 Å². The van der Waals surface area contributed by atoms with Gasteiger partial charge in [-0.25, -0.2) is 18.4 Å². The first-order chi connectivity index (χ1) is 13.7. The molecule has 0 aliphatic carbocycles. The molecule has 2 aliphatic heterocycles. The minimum Gasteiger partial charge on any atom is -0.368 e. The molecule has 1 radical (unpaired) electrons. The predicted octanol–water partition coefficient (Wildman–Crippen LogP) is 1.47. The number of piperidine rings is 1. The molecule has 8 nitrogen and oxygen atoms in total. The molecular formula is C20H21N4O4S. The highest BCUT2D eigenvalue weighted by molar-refractivity contribution is 7.89. The van der Waals surface area contributed by atoms with Crippen LogP contribution in [0.25, 0.3) is 11.1 Å². The first kappa shape index (κ1) is 19.4. The molecule has 29 heavy (non-hydrogen) atoms. The Balaban J connectivity index is 1.68.